The van der Waals surface area contributed by atoms with Gasteiger partial charge >= 0.3 is 0 Å². The van der Waals surface area contributed by atoms with Crippen LogP contribution >= 0.6 is 34.7 Å². The predicted octanol–water partition coefficient (Wildman–Crippen LogP) is 3.38. The molecule has 0 fully saturated rings. The van der Waals surface area contributed by atoms with Gasteiger partial charge in [0.05, 0.1) is 17.2 Å². The highest BCUT2D eigenvalue weighted by molar-refractivity contribution is 8.00. The highest BCUT2D eigenvalue weighted by Crippen LogP contribution is 2.30. The SMILES string of the molecule is Cc1nc(SCC(=O)c2ccc(CNC(=O)CO)s2)c2cc(Cl)cc(F)c2n1. The van der Waals surface area contributed by atoms with E-state index in [-0.39, 0.29) is 28.6 Å². The molecule has 0 saturated carbocycles. The summed E-state index contributed by atoms with van der Waals surface area (Å²) in [7, 11) is 0. The molecule has 0 atom stereocenters. The molecule has 0 aliphatic heterocycles. The Labute approximate surface area is 173 Å². The Balaban J connectivity index is 1.73. The molecular formula is C18H15ClFN3O3S2. The highest BCUT2D eigenvalue weighted by atomic mass is 35.5. The number of carbonyl (C=O) groups excluding carboxylic acids is 2. The van der Waals surface area contributed by atoms with Crippen molar-refractivity contribution in [1.29, 1.82) is 0 Å². The van der Waals surface area contributed by atoms with E-state index in [1.54, 1.807) is 25.1 Å². The Morgan fingerprint density at radius 1 is 1.32 bits per heavy atom. The molecule has 6 nitrogen and oxygen atoms in total. The first-order chi connectivity index (χ1) is 13.4. The van der Waals surface area contributed by atoms with Gasteiger partial charge in [-0.25, -0.2) is 14.4 Å². The lowest BCUT2D eigenvalue weighted by Gasteiger charge is -2.07. The first-order valence-electron chi connectivity index (χ1n) is 8.13. The Morgan fingerprint density at radius 3 is 2.86 bits per heavy atom. The Morgan fingerprint density at radius 2 is 2.11 bits per heavy atom. The number of carbonyl (C=O) groups is 2. The van der Waals surface area contributed by atoms with E-state index in [1.165, 1.54) is 29.2 Å². The maximum atomic E-state index is 14.1. The van der Waals surface area contributed by atoms with Gasteiger partial charge in [-0.15, -0.1) is 11.3 Å². The molecule has 2 aromatic heterocycles. The summed E-state index contributed by atoms with van der Waals surface area (Å²) in [4.78, 5) is 33.4. The predicted molar refractivity (Wildman–Crippen MR) is 108 cm³/mol. The summed E-state index contributed by atoms with van der Waals surface area (Å²) in [5.41, 5.74) is 0.171. The molecule has 0 radical (unpaired) electrons. The monoisotopic (exact) mass is 439 g/mol. The zero-order valence-electron chi connectivity index (χ0n) is 14.7. The smallest absolute Gasteiger partial charge is 0.246 e. The van der Waals surface area contributed by atoms with Gasteiger partial charge in [0.15, 0.2) is 11.6 Å². The standard InChI is InChI=1S/C18H15ClFN3O3S2/c1-9-22-17-12(4-10(19)5-13(17)20)18(23-9)27-8-14(25)15-3-2-11(28-15)6-21-16(26)7-24/h2-5,24H,6-8H2,1H3,(H,21,26). The molecule has 0 aliphatic carbocycles. The lowest BCUT2D eigenvalue weighted by Crippen LogP contribution is -2.25. The number of aliphatic hydroxyl groups excluding tert-OH is 1. The first-order valence-corrected chi connectivity index (χ1v) is 10.3. The molecule has 3 aromatic rings. The highest BCUT2D eigenvalue weighted by Gasteiger charge is 2.15. The van der Waals surface area contributed by atoms with E-state index in [0.717, 1.165) is 4.88 Å². The van der Waals surface area contributed by atoms with Crippen LogP contribution in [0, 0.1) is 12.7 Å². The fourth-order valence-corrected chi connectivity index (χ4v) is 4.53. The molecule has 28 heavy (non-hydrogen) atoms. The van der Waals surface area contributed by atoms with E-state index in [9.17, 15) is 14.0 Å². The van der Waals surface area contributed by atoms with Crippen LogP contribution in [0.25, 0.3) is 10.9 Å². The number of aryl methyl sites for hydroxylation is 1. The third-order valence-corrected chi connectivity index (χ3v) is 6.01. The number of aromatic nitrogens is 2. The Kier molecular flexibility index (Phi) is 6.61. The average molecular weight is 440 g/mol. The van der Waals surface area contributed by atoms with Crippen molar-refractivity contribution in [3.8, 4) is 0 Å². The maximum Gasteiger partial charge on any atom is 0.246 e. The number of aliphatic hydroxyl groups is 1. The number of Topliss-reactive ketones (excluding diaryl/α,β-unsaturated/α-hetero) is 1. The fraction of sp³-hybridized carbons (Fsp3) is 0.222. The number of nitrogens with zero attached hydrogens (tertiary/aromatic N) is 2. The summed E-state index contributed by atoms with van der Waals surface area (Å²) < 4.78 is 14.1. The number of amides is 1. The van der Waals surface area contributed by atoms with E-state index >= 15 is 0 Å². The lowest BCUT2D eigenvalue weighted by atomic mass is 10.2. The number of rotatable bonds is 7. The summed E-state index contributed by atoms with van der Waals surface area (Å²) in [6.45, 7) is 1.33. The van der Waals surface area contributed by atoms with Crippen LogP contribution in [0.1, 0.15) is 20.4 Å². The second-order valence-corrected chi connectivity index (χ2v) is 8.34. The number of hydrogen-bond acceptors (Lipinski definition) is 7. The van der Waals surface area contributed by atoms with E-state index < -0.39 is 18.3 Å². The molecule has 0 saturated heterocycles. The van der Waals surface area contributed by atoms with Gasteiger partial charge in [-0.3, -0.25) is 9.59 Å². The second kappa shape index (κ2) is 8.95. The molecule has 0 unspecified atom stereocenters. The number of ketones is 1. The molecule has 1 amide bonds. The summed E-state index contributed by atoms with van der Waals surface area (Å²) >= 11 is 8.40. The van der Waals surface area contributed by atoms with Gasteiger partial charge in [0.2, 0.25) is 5.91 Å². The zero-order valence-corrected chi connectivity index (χ0v) is 17.1. The number of halogens is 2. The molecule has 146 valence electrons. The lowest BCUT2D eigenvalue weighted by molar-refractivity contribution is -0.123. The molecule has 2 heterocycles. The Bertz CT molecular complexity index is 1060. The molecule has 2 N–H and O–H groups in total. The van der Waals surface area contributed by atoms with Crippen molar-refractivity contribution in [2.45, 2.75) is 18.5 Å². The van der Waals surface area contributed by atoms with Gasteiger partial charge < -0.3 is 10.4 Å². The first kappa shape index (κ1) is 20.7. The van der Waals surface area contributed by atoms with Gasteiger partial charge in [-0.05, 0) is 31.2 Å². The Hall–Kier alpha value is -2.07. The van der Waals surface area contributed by atoms with Crippen LogP contribution in [0.4, 0.5) is 4.39 Å². The van der Waals surface area contributed by atoms with Crippen molar-refractivity contribution in [2.75, 3.05) is 12.4 Å². The molecule has 10 heteroatoms. The second-order valence-electron chi connectivity index (χ2n) is 5.77. The molecule has 0 aliphatic rings. The minimum Gasteiger partial charge on any atom is -0.387 e. The topological polar surface area (TPSA) is 92.2 Å². The molecule has 0 bridgehead atoms. The number of thioether (sulfide) groups is 1. The van der Waals surface area contributed by atoms with Gasteiger partial charge in [0.1, 0.15) is 23.0 Å². The van der Waals surface area contributed by atoms with Crippen LogP contribution in [0.15, 0.2) is 29.3 Å². The normalized spacial score (nSPS) is 11.0. The summed E-state index contributed by atoms with van der Waals surface area (Å²) in [6.07, 6.45) is 0. The molecule has 0 spiro atoms. The third kappa shape index (κ3) is 4.85. The van der Waals surface area contributed by atoms with Crippen LogP contribution in [0.3, 0.4) is 0 Å². The number of thiophene rings is 1. The number of nitrogens with one attached hydrogen (secondary N) is 1. The number of hydrogen-bond donors (Lipinski definition) is 2. The minimum atomic E-state index is -0.579. The van der Waals surface area contributed by atoms with Crippen molar-refractivity contribution in [2.24, 2.45) is 0 Å². The van der Waals surface area contributed by atoms with Crippen molar-refractivity contribution in [3.63, 3.8) is 0 Å². The van der Waals surface area contributed by atoms with Crippen LogP contribution in [-0.4, -0.2) is 39.1 Å². The van der Waals surface area contributed by atoms with Crippen LogP contribution in [-0.2, 0) is 11.3 Å². The van der Waals surface area contributed by atoms with Crippen molar-refractivity contribution < 1.29 is 19.1 Å². The van der Waals surface area contributed by atoms with Crippen LogP contribution in [0.2, 0.25) is 5.02 Å². The van der Waals surface area contributed by atoms with Gasteiger partial charge in [0, 0.05) is 15.3 Å². The summed E-state index contributed by atoms with van der Waals surface area (Å²) in [5.74, 6) is -0.603. The van der Waals surface area contributed by atoms with Crippen molar-refractivity contribution >= 4 is 57.3 Å². The van der Waals surface area contributed by atoms with Gasteiger partial charge in [0.25, 0.3) is 0 Å². The van der Waals surface area contributed by atoms with Crippen LogP contribution in [0.5, 0.6) is 0 Å². The zero-order chi connectivity index (χ0) is 20.3. The van der Waals surface area contributed by atoms with Gasteiger partial charge in [-0.2, -0.15) is 0 Å². The maximum absolute atomic E-state index is 14.1. The van der Waals surface area contributed by atoms with Crippen molar-refractivity contribution in [3.05, 3.63) is 50.7 Å². The van der Waals surface area contributed by atoms with E-state index in [1.807, 2.05) is 0 Å². The van der Waals surface area contributed by atoms with Crippen molar-refractivity contribution in [1.82, 2.24) is 15.3 Å². The minimum absolute atomic E-state index is 0.110. The largest absolute Gasteiger partial charge is 0.387 e. The molecular weight excluding hydrogens is 425 g/mol. The van der Waals surface area contributed by atoms with Gasteiger partial charge in [-0.1, -0.05) is 23.4 Å². The van der Waals surface area contributed by atoms with E-state index in [2.05, 4.69) is 15.3 Å². The summed E-state index contributed by atoms with van der Waals surface area (Å²) in [6, 6.07) is 6.21. The third-order valence-electron chi connectivity index (χ3n) is 3.68. The van der Waals surface area contributed by atoms with E-state index in [4.69, 9.17) is 16.7 Å². The number of fused-ring (bicyclic) bond motifs is 1. The number of benzene rings is 1. The average Bonchev–Trinajstić information content (AvgIpc) is 3.13. The quantitative estimate of drug-likeness (QED) is 0.333. The van der Waals surface area contributed by atoms with E-state index in [0.29, 0.717) is 21.1 Å². The fourth-order valence-electron chi connectivity index (χ4n) is 2.42. The molecule has 1 aromatic carbocycles. The summed E-state index contributed by atoms with van der Waals surface area (Å²) in [5, 5.41) is 12.4. The molecule has 3 rings (SSSR count). The van der Waals surface area contributed by atoms with Crippen LogP contribution < -0.4 is 5.32 Å².